The quantitative estimate of drug-likeness (QED) is 0.194. The van der Waals surface area contributed by atoms with Crippen LogP contribution in [0.2, 0.25) is 39.3 Å². The van der Waals surface area contributed by atoms with Crippen LogP contribution in [0, 0.1) is 47.3 Å². The molecular weight excluding hydrogens is 675 g/mol. The standard InChI is InChI=1S/C44H74N2P2Si2/c1-49(2,3)38-25-36(37(26-39(38)50(4,5)6)44(47,40-11-7-9-13-45-40)41-12-8-10-14-46-41)27-48(42-32-17-28-15-29(19-32)20-33(42)18-28)43-34-21-30-16-31(23-34)24-35(43)22-30/h25-26,28-35,40-43,45-46H,7-24,27,47H2,1-6H3. The van der Waals surface area contributed by atoms with Crippen LogP contribution in [-0.2, 0) is 11.3 Å². The summed E-state index contributed by atoms with van der Waals surface area (Å²) < 4.78 is 0. The third-order valence-electron chi connectivity index (χ3n) is 16.6. The van der Waals surface area contributed by atoms with Crippen LogP contribution >= 0.6 is 17.2 Å². The van der Waals surface area contributed by atoms with E-state index in [2.05, 4.69) is 71.3 Å². The first-order valence-corrected chi connectivity index (χ1v) is 31.3. The van der Waals surface area contributed by atoms with E-state index >= 15 is 0 Å². The van der Waals surface area contributed by atoms with Gasteiger partial charge >= 0.3 is 0 Å². The largest absolute Gasteiger partial charge is 0.313 e. The maximum atomic E-state index is 4.21. The van der Waals surface area contributed by atoms with E-state index < -0.39 is 16.1 Å². The van der Waals surface area contributed by atoms with Gasteiger partial charge in [0.05, 0.1) is 16.1 Å². The van der Waals surface area contributed by atoms with Crippen LogP contribution in [0.25, 0.3) is 0 Å². The van der Waals surface area contributed by atoms with E-state index in [0.717, 1.165) is 58.7 Å². The van der Waals surface area contributed by atoms with Gasteiger partial charge in [-0.3, -0.25) is 0 Å². The average Bonchev–Trinajstić information content (AvgIpc) is 3.06. The highest BCUT2D eigenvalue weighted by Crippen LogP contribution is 2.72. The Bertz CT molecular complexity index is 1290. The monoisotopic (exact) mass is 748 g/mol. The van der Waals surface area contributed by atoms with Gasteiger partial charge in [-0.15, -0.1) is 9.24 Å². The van der Waals surface area contributed by atoms with Gasteiger partial charge < -0.3 is 10.6 Å². The Labute approximate surface area is 313 Å². The van der Waals surface area contributed by atoms with E-state index in [0.29, 0.717) is 12.1 Å². The summed E-state index contributed by atoms with van der Waals surface area (Å²) in [6.07, 6.45) is 25.6. The van der Waals surface area contributed by atoms with E-state index in [4.69, 9.17) is 0 Å². The number of rotatable bonds is 9. The van der Waals surface area contributed by atoms with Crippen molar-refractivity contribution in [2.24, 2.45) is 47.3 Å². The number of nitrogens with one attached hydrogen (secondary N) is 2. The van der Waals surface area contributed by atoms with Crippen molar-refractivity contribution in [3.63, 3.8) is 0 Å². The van der Waals surface area contributed by atoms with Crippen LogP contribution in [0.15, 0.2) is 12.1 Å². The molecule has 278 valence electrons. The fourth-order valence-electron chi connectivity index (χ4n) is 15.0. The van der Waals surface area contributed by atoms with E-state index in [1.54, 1.807) is 69.8 Å². The van der Waals surface area contributed by atoms with Crippen molar-refractivity contribution in [2.75, 3.05) is 13.1 Å². The van der Waals surface area contributed by atoms with Crippen LogP contribution in [0.5, 0.6) is 0 Å². The number of piperidine rings is 2. The fraction of sp³-hybridized carbons (Fsp3) is 0.864. The zero-order chi connectivity index (χ0) is 34.6. The summed E-state index contributed by atoms with van der Waals surface area (Å²) in [5.74, 6) is 8.61. The van der Waals surface area contributed by atoms with Crippen LogP contribution in [0.1, 0.15) is 114 Å². The molecule has 8 bridgehead atoms. The van der Waals surface area contributed by atoms with Crippen molar-refractivity contribution in [3.8, 4) is 0 Å². The summed E-state index contributed by atoms with van der Waals surface area (Å²) in [6, 6.07) is 7.05. The molecule has 2 N–H and O–H groups in total. The molecule has 2 aliphatic heterocycles. The van der Waals surface area contributed by atoms with Crippen molar-refractivity contribution in [1.82, 2.24) is 10.6 Å². The molecule has 3 atom stereocenters. The normalized spacial score (nSPS) is 42.9. The molecule has 8 saturated carbocycles. The van der Waals surface area contributed by atoms with Crippen molar-refractivity contribution >= 4 is 43.7 Å². The number of hydrogen-bond donors (Lipinski definition) is 2. The van der Waals surface area contributed by atoms with Crippen molar-refractivity contribution in [1.29, 1.82) is 0 Å². The molecule has 3 unspecified atom stereocenters. The maximum absolute atomic E-state index is 4.21. The molecule has 10 fully saturated rings. The Balaban J connectivity index is 1.21. The minimum absolute atomic E-state index is 0.0443. The molecule has 0 radical (unpaired) electrons. The predicted molar refractivity (Wildman–Crippen MR) is 227 cm³/mol. The molecule has 6 heteroatoms. The Morgan fingerprint density at radius 2 is 1.00 bits per heavy atom. The van der Waals surface area contributed by atoms with Crippen LogP contribution in [0.4, 0.5) is 0 Å². The second-order valence-electron chi connectivity index (χ2n) is 22.0. The van der Waals surface area contributed by atoms with Gasteiger partial charge in [-0.1, -0.05) is 82.6 Å². The smallest absolute Gasteiger partial charge is 0.0774 e. The highest BCUT2D eigenvalue weighted by atomic mass is 31.1. The Morgan fingerprint density at radius 3 is 1.36 bits per heavy atom. The molecule has 1 aromatic carbocycles. The average molecular weight is 749 g/mol. The number of benzene rings is 1. The summed E-state index contributed by atoms with van der Waals surface area (Å²) in [5, 5.41) is 12.2. The first kappa shape index (κ1) is 36.1. The van der Waals surface area contributed by atoms with Gasteiger partial charge in [-0.2, -0.15) is 0 Å². The predicted octanol–water partition coefficient (Wildman–Crippen LogP) is 9.76. The van der Waals surface area contributed by atoms with Gasteiger partial charge in [0.2, 0.25) is 0 Å². The zero-order valence-corrected chi connectivity index (χ0v) is 37.1. The Kier molecular flexibility index (Phi) is 9.80. The second kappa shape index (κ2) is 13.6. The van der Waals surface area contributed by atoms with E-state index in [9.17, 15) is 0 Å². The molecule has 8 aliphatic carbocycles. The summed E-state index contributed by atoms with van der Waals surface area (Å²) in [7, 11) is 0.527. The topological polar surface area (TPSA) is 24.1 Å². The summed E-state index contributed by atoms with van der Waals surface area (Å²) in [5.41, 5.74) is 5.81. The molecule has 11 rings (SSSR count). The maximum Gasteiger partial charge on any atom is 0.0774 e. The highest BCUT2D eigenvalue weighted by molar-refractivity contribution is 7.58. The molecule has 2 saturated heterocycles. The minimum Gasteiger partial charge on any atom is -0.313 e. The lowest BCUT2D eigenvalue weighted by atomic mass is 9.55. The Morgan fingerprint density at radius 1 is 0.600 bits per heavy atom. The SMILES string of the molecule is C[Si](C)(C)c1cc(CP(C2C3CC4CC(C3)CC2C4)C2C3CC4CC(C3)CC2C4)c(C(P)(C2CCCCN2)C2CCCCN2)cc1[Si](C)(C)C. The fourth-order valence-corrected chi connectivity index (χ4v) is 25.7. The second-order valence-corrected chi connectivity index (χ2v) is 35.6. The summed E-state index contributed by atoms with van der Waals surface area (Å²) in [4.78, 5) is 0. The molecule has 2 heterocycles. The molecule has 0 aromatic heterocycles. The summed E-state index contributed by atoms with van der Waals surface area (Å²) in [6.45, 7) is 18.4. The van der Waals surface area contributed by atoms with E-state index in [1.165, 1.54) is 57.8 Å². The molecule has 0 amide bonds. The lowest BCUT2D eigenvalue weighted by Crippen LogP contribution is -2.61. The third-order valence-corrected chi connectivity index (χ3v) is 25.9. The van der Waals surface area contributed by atoms with E-state index in [-0.39, 0.29) is 13.1 Å². The van der Waals surface area contributed by atoms with Crippen molar-refractivity contribution in [2.45, 2.75) is 177 Å². The van der Waals surface area contributed by atoms with Crippen LogP contribution in [0.3, 0.4) is 0 Å². The lowest BCUT2D eigenvalue weighted by Gasteiger charge is -2.62. The number of hydrogen-bond acceptors (Lipinski definition) is 2. The van der Waals surface area contributed by atoms with Gasteiger partial charge in [0.1, 0.15) is 0 Å². The highest BCUT2D eigenvalue weighted by Gasteiger charge is 2.57. The van der Waals surface area contributed by atoms with Crippen molar-refractivity contribution < 1.29 is 0 Å². The van der Waals surface area contributed by atoms with Gasteiger partial charge in [0.15, 0.2) is 0 Å². The lowest BCUT2D eigenvalue weighted by molar-refractivity contribution is 0.0129. The van der Waals surface area contributed by atoms with Crippen LogP contribution < -0.4 is 21.0 Å². The molecule has 50 heavy (non-hydrogen) atoms. The zero-order valence-electron chi connectivity index (χ0n) is 33.0. The molecule has 0 spiro atoms. The van der Waals surface area contributed by atoms with Gasteiger partial charge in [0, 0.05) is 17.2 Å². The Hall–Kier alpha value is 0.434. The molecule has 1 aromatic rings. The third kappa shape index (κ3) is 6.41. The van der Waals surface area contributed by atoms with Gasteiger partial charge in [-0.25, -0.2) is 0 Å². The van der Waals surface area contributed by atoms with Crippen molar-refractivity contribution in [3.05, 3.63) is 23.3 Å². The first-order chi connectivity index (χ1) is 23.9. The molecular formula is C44H74N2P2Si2. The summed E-state index contributed by atoms with van der Waals surface area (Å²) >= 11 is 0. The molecule has 10 aliphatic rings. The minimum atomic E-state index is -1.58. The first-order valence-electron chi connectivity index (χ1n) is 22.1. The van der Waals surface area contributed by atoms with E-state index in [1.807, 2.05) is 15.9 Å². The van der Waals surface area contributed by atoms with Gasteiger partial charge in [-0.05, 0) is 179 Å². The van der Waals surface area contributed by atoms with Crippen LogP contribution in [-0.4, -0.2) is 52.6 Å². The van der Waals surface area contributed by atoms with Gasteiger partial charge in [0.25, 0.3) is 0 Å². The molecule has 2 nitrogen and oxygen atoms in total.